The van der Waals surface area contributed by atoms with Gasteiger partial charge in [-0.3, -0.25) is 0 Å². The Bertz CT molecular complexity index is 263. The number of hydrogen-bond acceptors (Lipinski definition) is 3. The predicted molar refractivity (Wildman–Crippen MR) is 80.3 cm³/mol. The minimum Gasteiger partial charge on any atom is -0.393 e. The maximum Gasteiger partial charge on any atom is 0.0590 e. The average molecular weight is 268 g/mol. The molecule has 1 heterocycles. The van der Waals surface area contributed by atoms with E-state index in [1.165, 1.54) is 45.2 Å². The molecule has 0 radical (unpaired) electrons. The fourth-order valence-corrected chi connectivity index (χ4v) is 3.88. The first-order valence-corrected chi connectivity index (χ1v) is 8.26. The third-order valence-electron chi connectivity index (χ3n) is 5.09. The molecule has 2 unspecified atom stereocenters. The lowest BCUT2D eigenvalue weighted by atomic mass is 9.84. The largest absolute Gasteiger partial charge is 0.393 e. The smallest absolute Gasteiger partial charge is 0.0590 e. The van der Waals surface area contributed by atoms with Gasteiger partial charge < -0.3 is 15.3 Å². The van der Waals surface area contributed by atoms with Gasteiger partial charge >= 0.3 is 0 Å². The number of aliphatic hydroxyl groups is 1. The number of rotatable bonds is 6. The number of likely N-dealkylation sites (tertiary alicyclic amines) is 1. The van der Waals surface area contributed by atoms with Crippen molar-refractivity contribution in [1.82, 2.24) is 10.2 Å². The highest BCUT2D eigenvalue weighted by atomic mass is 16.3. The maximum atomic E-state index is 9.85. The SMILES string of the molecule is CCCNCC1(CN2CCC(O)C(C)C2)CCCC1. The Morgan fingerprint density at radius 3 is 2.68 bits per heavy atom. The summed E-state index contributed by atoms with van der Waals surface area (Å²) in [4.78, 5) is 2.61. The molecule has 1 saturated heterocycles. The summed E-state index contributed by atoms with van der Waals surface area (Å²) in [6, 6.07) is 0. The molecule has 2 aliphatic rings. The molecule has 0 aromatic rings. The molecule has 3 heteroatoms. The minimum atomic E-state index is -0.0750. The van der Waals surface area contributed by atoms with Crippen molar-refractivity contribution < 1.29 is 5.11 Å². The van der Waals surface area contributed by atoms with Gasteiger partial charge in [-0.05, 0) is 43.6 Å². The van der Waals surface area contributed by atoms with Gasteiger partial charge in [-0.25, -0.2) is 0 Å². The van der Waals surface area contributed by atoms with Crippen LogP contribution in [0.4, 0.5) is 0 Å². The predicted octanol–water partition coefficient (Wildman–Crippen LogP) is 2.25. The fourth-order valence-electron chi connectivity index (χ4n) is 3.88. The Kier molecular flexibility index (Phi) is 5.67. The summed E-state index contributed by atoms with van der Waals surface area (Å²) in [5.74, 6) is 0.441. The molecule has 2 fully saturated rings. The van der Waals surface area contributed by atoms with Gasteiger partial charge in [0.25, 0.3) is 0 Å². The molecule has 0 spiro atoms. The number of nitrogens with zero attached hydrogens (tertiary/aromatic N) is 1. The quantitative estimate of drug-likeness (QED) is 0.725. The number of nitrogens with one attached hydrogen (secondary N) is 1. The molecular weight excluding hydrogens is 236 g/mol. The van der Waals surface area contributed by atoms with Gasteiger partial charge in [-0.15, -0.1) is 0 Å². The van der Waals surface area contributed by atoms with Crippen LogP contribution in [0, 0.1) is 11.3 Å². The van der Waals surface area contributed by atoms with Crippen LogP contribution >= 0.6 is 0 Å². The van der Waals surface area contributed by atoms with E-state index in [0.717, 1.165) is 26.1 Å². The Balaban J connectivity index is 1.86. The third-order valence-corrected chi connectivity index (χ3v) is 5.09. The van der Waals surface area contributed by atoms with Gasteiger partial charge in [0.2, 0.25) is 0 Å². The highest BCUT2D eigenvalue weighted by Gasteiger charge is 2.36. The first kappa shape index (κ1) is 15.3. The van der Waals surface area contributed by atoms with Crippen LogP contribution in [-0.2, 0) is 0 Å². The van der Waals surface area contributed by atoms with Crippen LogP contribution in [0.25, 0.3) is 0 Å². The monoisotopic (exact) mass is 268 g/mol. The van der Waals surface area contributed by atoms with Crippen molar-refractivity contribution in [2.45, 2.75) is 58.5 Å². The lowest BCUT2D eigenvalue weighted by Crippen LogP contribution is -2.48. The second-order valence-corrected chi connectivity index (χ2v) is 6.95. The van der Waals surface area contributed by atoms with Gasteiger partial charge in [0.15, 0.2) is 0 Å². The molecule has 2 atom stereocenters. The van der Waals surface area contributed by atoms with E-state index in [-0.39, 0.29) is 6.10 Å². The third kappa shape index (κ3) is 4.17. The van der Waals surface area contributed by atoms with Crippen molar-refractivity contribution in [3.63, 3.8) is 0 Å². The van der Waals surface area contributed by atoms with Crippen molar-refractivity contribution in [1.29, 1.82) is 0 Å². The normalized spacial score (nSPS) is 31.7. The van der Waals surface area contributed by atoms with Crippen LogP contribution in [0.2, 0.25) is 0 Å². The standard InChI is InChI=1S/C16H32N2O/c1-3-9-17-12-16(7-4-5-8-16)13-18-10-6-15(19)14(2)11-18/h14-15,17,19H,3-13H2,1-2H3. The first-order chi connectivity index (χ1) is 9.15. The molecule has 0 bridgehead atoms. The summed E-state index contributed by atoms with van der Waals surface area (Å²) in [6.45, 7) is 10.2. The van der Waals surface area contributed by atoms with Crippen LogP contribution in [0.3, 0.4) is 0 Å². The Morgan fingerprint density at radius 1 is 1.32 bits per heavy atom. The van der Waals surface area contributed by atoms with E-state index in [4.69, 9.17) is 0 Å². The fraction of sp³-hybridized carbons (Fsp3) is 1.00. The summed E-state index contributed by atoms with van der Waals surface area (Å²) in [7, 11) is 0. The molecule has 19 heavy (non-hydrogen) atoms. The lowest BCUT2D eigenvalue weighted by Gasteiger charge is -2.40. The molecular formula is C16H32N2O. The van der Waals surface area contributed by atoms with Crippen LogP contribution in [0.5, 0.6) is 0 Å². The highest BCUT2D eigenvalue weighted by molar-refractivity contribution is 4.91. The minimum absolute atomic E-state index is 0.0750. The average Bonchev–Trinajstić information content (AvgIpc) is 2.83. The summed E-state index contributed by atoms with van der Waals surface area (Å²) in [6.07, 6.45) is 7.69. The van der Waals surface area contributed by atoms with Gasteiger partial charge in [0, 0.05) is 26.2 Å². The van der Waals surface area contributed by atoms with Crippen molar-refractivity contribution in [3.8, 4) is 0 Å². The van der Waals surface area contributed by atoms with Gasteiger partial charge in [0.05, 0.1) is 6.10 Å². The Morgan fingerprint density at radius 2 is 2.05 bits per heavy atom. The first-order valence-electron chi connectivity index (χ1n) is 8.26. The van der Waals surface area contributed by atoms with Crippen LogP contribution in [0.15, 0.2) is 0 Å². The molecule has 0 amide bonds. The van der Waals surface area contributed by atoms with E-state index in [0.29, 0.717) is 11.3 Å². The summed E-state index contributed by atoms with van der Waals surface area (Å²) >= 11 is 0. The second-order valence-electron chi connectivity index (χ2n) is 6.95. The molecule has 0 aromatic carbocycles. The molecule has 0 aromatic heterocycles. The van der Waals surface area contributed by atoms with Crippen molar-refractivity contribution in [2.75, 3.05) is 32.7 Å². The van der Waals surface area contributed by atoms with E-state index < -0.39 is 0 Å². The maximum absolute atomic E-state index is 9.85. The van der Waals surface area contributed by atoms with E-state index >= 15 is 0 Å². The van der Waals surface area contributed by atoms with Crippen LogP contribution in [-0.4, -0.2) is 48.8 Å². The van der Waals surface area contributed by atoms with Crippen LogP contribution in [0.1, 0.15) is 52.4 Å². The zero-order valence-corrected chi connectivity index (χ0v) is 12.8. The lowest BCUT2D eigenvalue weighted by molar-refractivity contribution is 0.0168. The summed E-state index contributed by atoms with van der Waals surface area (Å²) in [5.41, 5.74) is 0.511. The Labute approximate surface area is 118 Å². The van der Waals surface area contributed by atoms with E-state index in [1.807, 2.05) is 0 Å². The highest BCUT2D eigenvalue weighted by Crippen LogP contribution is 2.39. The zero-order valence-electron chi connectivity index (χ0n) is 12.8. The van der Waals surface area contributed by atoms with E-state index in [9.17, 15) is 5.11 Å². The number of aliphatic hydroxyl groups excluding tert-OH is 1. The Hall–Kier alpha value is -0.120. The van der Waals surface area contributed by atoms with E-state index in [2.05, 4.69) is 24.1 Å². The second kappa shape index (κ2) is 7.05. The van der Waals surface area contributed by atoms with Gasteiger partial charge in [-0.1, -0.05) is 26.7 Å². The summed E-state index contributed by atoms with van der Waals surface area (Å²) in [5, 5.41) is 13.5. The summed E-state index contributed by atoms with van der Waals surface area (Å²) < 4.78 is 0. The van der Waals surface area contributed by atoms with Gasteiger partial charge in [-0.2, -0.15) is 0 Å². The molecule has 1 saturated carbocycles. The molecule has 2 N–H and O–H groups in total. The zero-order chi connectivity index (χ0) is 13.7. The molecule has 2 rings (SSSR count). The van der Waals surface area contributed by atoms with Gasteiger partial charge in [0.1, 0.15) is 0 Å². The molecule has 3 nitrogen and oxygen atoms in total. The topological polar surface area (TPSA) is 35.5 Å². The van der Waals surface area contributed by atoms with Crippen molar-refractivity contribution in [3.05, 3.63) is 0 Å². The number of piperidine rings is 1. The van der Waals surface area contributed by atoms with E-state index in [1.54, 1.807) is 0 Å². The molecule has 1 aliphatic carbocycles. The van der Waals surface area contributed by atoms with Crippen molar-refractivity contribution >= 4 is 0 Å². The molecule has 112 valence electrons. The van der Waals surface area contributed by atoms with Crippen molar-refractivity contribution in [2.24, 2.45) is 11.3 Å². The van der Waals surface area contributed by atoms with Crippen LogP contribution < -0.4 is 5.32 Å². The molecule has 1 aliphatic heterocycles. The number of hydrogen-bond donors (Lipinski definition) is 2.